The Kier molecular flexibility index (Phi) is 9.74. The number of thioether (sulfide) groups is 1. The number of benzene rings is 2. The Hall–Kier alpha value is -3.67. The predicted molar refractivity (Wildman–Crippen MR) is 164 cm³/mol. The monoisotopic (exact) mass is 556 g/mol. The van der Waals surface area contributed by atoms with E-state index in [0.717, 1.165) is 24.8 Å². The van der Waals surface area contributed by atoms with E-state index < -0.39 is 0 Å². The number of hydrogen-bond acceptors (Lipinski definition) is 6. The molecule has 2 aromatic carbocycles. The van der Waals surface area contributed by atoms with E-state index in [0.29, 0.717) is 52.2 Å². The number of thiocarbonyl (C=S) groups is 1. The minimum Gasteiger partial charge on any atom is -0.371 e. The molecule has 0 unspecified atom stereocenters. The Labute approximate surface area is 239 Å². The number of rotatable bonds is 11. The largest absolute Gasteiger partial charge is 0.371 e. The molecule has 0 radical (unpaired) electrons. The molecule has 8 heteroatoms. The third-order valence-corrected chi connectivity index (χ3v) is 8.15. The van der Waals surface area contributed by atoms with E-state index in [-0.39, 0.29) is 17.0 Å². The fraction of sp³-hybridized carbons (Fsp3) is 0.290. The number of nitrogens with one attached hydrogen (secondary N) is 1. The highest BCUT2D eigenvalue weighted by atomic mass is 32.2. The molecule has 1 aromatic heterocycles. The third-order valence-electron chi connectivity index (χ3n) is 6.78. The summed E-state index contributed by atoms with van der Waals surface area (Å²) in [5.41, 5.74) is 3.35. The second kappa shape index (κ2) is 13.4. The van der Waals surface area contributed by atoms with E-state index >= 15 is 0 Å². The van der Waals surface area contributed by atoms with Gasteiger partial charge in [0.25, 0.3) is 11.5 Å². The molecule has 0 atom stereocenters. The van der Waals surface area contributed by atoms with Crippen molar-refractivity contribution in [2.24, 2.45) is 0 Å². The molecule has 0 bridgehead atoms. The second-order valence-corrected chi connectivity index (χ2v) is 11.1. The number of unbranched alkanes of at least 4 members (excludes halogenated alkanes) is 1. The molecule has 2 heterocycles. The van der Waals surface area contributed by atoms with Crippen molar-refractivity contribution in [3.63, 3.8) is 0 Å². The maximum Gasteiger partial charge on any atom is 0.270 e. The van der Waals surface area contributed by atoms with Gasteiger partial charge >= 0.3 is 0 Å². The molecule has 0 spiro atoms. The quantitative estimate of drug-likeness (QED) is 0.233. The summed E-state index contributed by atoms with van der Waals surface area (Å²) in [7, 11) is 0. The zero-order valence-electron chi connectivity index (χ0n) is 22.3. The van der Waals surface area contributed by atoms with Gasteiger partial charge in [0.15, 0.2) is 0 Å². The molecule has 1 amide bonds. The molecule has 6 nitrogen and oxygen atoms in total. The lowest BCUT2D eigenvalue weighted by molar-refractivity contribution is -0.122. The van der Waals surface area contributed by atoms with Crippen LogP contribution in [0.2, 0.25) is 0 Å². The third kappa shape index (κ3) is 6.67. The summed E-state index contributed by atoms with van der Waals surface area (Å²) in [5, 5.41) is 13.3. The van der Waals surface area contributed by atoms with Crippen LogP contribution < -0.4 is 10.9 Å². The van der Waals surface area contributed by atoms with Gasteiger partial charge in [-0.15, -0.1) is 0 Å². The van der Waals surface area contributed by atoms with Crippen LogP contribution in [0.1, 0.15) is 47.6 Å². The van der Waals surface area contributed by atoms with Crippen LogP contribution >= 0.6 is 24.0 Å². The Balaban J connectivity index is 1.69. The summed E-state index contributed by atoms with van der Waals surface area (Å²) in [6.07, 6.45) is 4.96. The zero-order valence-corrected chi connectivity index (χ0v) is 23.9. The van der Waals surface area contributed by atoms with Gasteiger partial charge in [0, 0.05) is 25.2 Å². The number of amides is 1. The fourth-order valence-corrected chi connectivity index (χ4v) is 5.85. The van der Waals surface area contributed by atoms with Gasteiger partial charge in [-0.05, 0) is 49.0 Å². The van der Waals surface area contributed by atoms with Crippen molar-refractivity contribution >= 4 is 46.1 Å². The first-order valence-corrected chi connectivity index (χ1v) is 14.4. The van der Waals surface area contributed by atoms with Crippen LogP contribution in [-0.2, 0) is 24.2 Å². The molecule has 1 aliphatic heterocycles. The summed E-state index contributed by atoms with van der Waals surface area (Å²) in [4.78, 5) is 28.9. The Morgan fingerprint density at radius 1 is 1.00 bits per heavy atom. The number of nitrogens with zero attached hydrogens (tertiary/aromatic N) is 3. The zero-order chi connectivity index (χ0) is 27.8. The first-order valence-electron chi connectivity index (χ1n) is 13.2. The van der Waals surface area contributed by atoms with Crippen molar-refractivity contribution < 1.29 is 4.79 Å². The molecule has 0 saturated carbocycles. The van der Waals surface area contributed by atoms with Crippen molar-refractivity contribution in [3.05, 3.63) is 104 Å². The predicted octanol–water partition coefficient (Wildman–Crippen LogP) is 5.93. The molecular weight excluding hydrogens is 525 g/mol. The number of hydrogen-bond donors (Lipinski definition) is 1. The minimum atomic E-state index is -0.307. The van der Waals surface area contributed by atoms with Gasteiger partial charge in [-0.2, -0.15) is 5.26 Å². The van der Waals surface area contributed by atoms with E-state index in [2.05, 4.69) is 30.4 Å². The van der Waals surface area contributed by atoms with E-state index in [4.69, 9.17) is 12.2 Å². The molecule has 200 valence electrons. The second-order valence-electron chi connectivity index (χ2n) is 9.42. The molecule has 0 aliphatic carbocycles. The molecule has 4 rings (SSSR count). The van der Waals surface area contributed by atoms with Gasteiger partial charge in [-0.1, -0.05) is 98.0 Å². The van der Waals surface area contributed by atoms with Crippen LogP contribution in [0.3, 0.4) is 0 Å². The van der Waals surface area contributed by atoms with E-state index in [9.17, 15) is 14.9 Å². The van der Waals surface area contributed by atoms with Crippen molar-refractivity contribution in [2.45, 2.75) is 46.1 Å². The van der Waals surface area contributed by atoms with Gasteiger partial charge < -0.3 is 5.32 Å². The van der Waals surface area contributed by atoms with Gasteiger partial charge in [0.1, 0.15) is 21.8 Å². The highest BCUT2D eigenvalue weighted by Gasteiger charge is 2.32. The molecule has 3 aromatic rings. The molecule has 1 aliphatic rings. The number of carbonyl (C=O) groups excluding carboxylic acids is 1. The number of carbonyl (C=O) groups is 1. The number of nitriles is 1. The van der Waals surface area contributed by atoms with Gasteiger partial charge in [0.05, 0.1) is 4.91 Å². The summed E-state index contributed by atoms with van der Waals surface area (Å²) >= 11 is 6.83. The lowest BCUT2D eigenvalue weighted by Crippen LogP contribution is -2.30. The molecule has 1 N–H and O–H groups in total. The van der Waals surface area contributed by atoms with Crippen LogP contribution in [0.25, 0.3) is 6.08 Å². The van der Waals surface area contributed by atoms with Crippen LogP contribution in [0.4, 0.5) is 5.82 Å². The van der Waals surface area contributed by atoms with Crippen molar-refractivity contribution in [1.29, 1.82) is 5.26 Å². The summed E-state index contributed by atoms with van der Waals surface area (Å²) in [6, 6.07) is 22.2. The number of aromatic nitrogens is 1. The average Bonchev–Trinajstić information content (AvgIpc) is 3.22. The average molecular weight is 557 g/mol. The SMILES string of the molecule is CCCCn1c(NCCc2ccccc2)c(/C=C2/SC(=S)N(CCc3ccccc3)C2=O)c(C)c(C#N)c1=O. The first kappa shape index (κ1) is 28.3. The van der Waals surface area contributed by atoms with Gasteiger partial charge in [-0.3, -0.25) is 19.1 Å². The van der Waals surface area contributed by atoms with Crippen molar-refractivity contribution in [3.8, 4) is 6.07 Å². The standard InChI is InChI=1S/C31H32N4O2S2/c1-3-4-18-34-28(33-17-15-23-11-7-5-8-12-23)25(22(2)26(21-32)29(34)36)20-27-30(37)35(31(38)39-27)19-16-24-13-9-6-10-14-24/h5-14,20,33H,3-4,15-19H2,1-2H3/b27-20+. The summed E-state index contributed by atoms with van der Waals surface area (Å²) in [5.74, 6) is 0.482. The van der Waals surface area contributed by atoms with Crippen molar-refractivity contribution in [2.75, 3.05) is 18.4 Å². The highest BCUT2D eigenvalue weighted by molar-refractivity contribution is 8.26. The summed E-state index contributed by atoms with van der Waals surface area (Å²) in [6.45, 7) is 5.41. The summed E-state index contributed by atoms with van der Waals surface area (Å²) < 4.78 is 2.17. The highest BCUT2D eigenvalue weighted by Crippen LogP contribution is 2.35. The van der Waals surface area contributed by atoms with Gasteiger partial charge in [-0.25, -0.2) is 0 Å². The molecule has 1 saturated heterocycles. The smallest absolute Gasteiger partial charge is 0.270 e. The number of anilines is 1. The molecular formula is C31H32N4O2S2. The number of pyridine rings is 1. The lowest BCUT2D eigenvalue weighted by Gasteiger charge is -2.20. The molecule has 1 fully saturated rings. The lowest BCUT2D eigenvalue weighted by atomic mass is 10.0. The van der Waals surface area contributed by atoms with E-state index in [1.807, 2.05) is 48.5 Å². The maximum absolute atomic E-state index is 13.4. The van der Waals surface area contributed by atoms with Gasteiger partial charge in [0.2, 0.25) is 0 Å². The minimum absolute atomic E-state index is 0.102. The fourth-order valence-electron chi connectivity index (χ4n) is 4.56. The van der Waals surface area contributed by atoms with Crippen LogP contribution in [-0.4, -0.2) is 32.8 Å². The van der Waals surface area contributed by atoms with Crippen molar-refractivity contribution in [1.82, 2.24) is 9.47 Å². The van der Waals surface area contributed by atoms with Crippen LogP contribution in [0.5, 0.6) is 0 Å². The Morgan fingerprint density at radius 2 is 1.64 bits per heavy atom. The van der Waals surface area contributed by atoms with Crippen LogP contribution in [0, 0.1) is 18.3 Å². The first-order chi connectivity index (χ1) is 18.9. The Morgan fingerprint density at radius 3 is 2.26 bits per heavy atom. The van der Waals surface area contributed by atoms with E-state index in [1.54, 1.807) is 22.5 Å². The normalized spacial score (nSPS) is 14.2. The maximum atomic E-state index is 13.4. The topological polar surface area (TPSA) is 78.1 Å². The van der Waals surface area contributed by atoms with E-state index in [1.165, 1.54) is 17.3 Å². The van der Waals surface area contributed by atoms with Crippen LogP contribution in [0.15, 0.2) is 70.4 Å². The molecule has 39 heavy (non-hydrogen) atoms. The Bertz CT molecular complexity index is 1470.